The van der Waals surface area contributed by atoms with Crippen LogP contribution in [0.1, 0.15) is 23.2 Å². The summed E-state index contributed by atoms with van der Waals surface area (Å²) >= 11 is 1.26. The molecule has 33 heavy (non-hydrogen) atoms. The highest BCUT2D eigenvalue weighted by atomic mass is 32.2. The molecule has 174 valence electrons. The molecule has 0 aliphatic heterocycles. The van der Waals surface area contributed by atoms with Crippen LogP contribution in [-0.4, -0.2) is 45.6 Å². The Morgan fingerprint density at radius 1 is 1.00 bits per heavy atom. The maximum Gasteiger partial charge on any atom is 0.229 e. The fourth-order valence-electron chi connectivity index (χ4n) is 2.95. The molecule has 0 bridgehead atoms. The van der Waals surface area contributed by atoms with Crippen LogP contribution >= 0.6 is 11.3 Å². The third-order valence-electron chi connectivity index (χ3n) is 4.52. The van der Waals surface area contributed by atoms with E-state index in [2.05, 4.69) is 15.0 Å². The minimum Gasteiger partial charge on any atom is -0.493 e. The van der Waals surface area contributed by atoms with Gasteiger partial charge in [-0.05, 0) is 30.3 Å². The summed E-state index contributed by atoms with van der Waals surface area (Å²) in [4.78, 5) is 29.1. The van der Waals surface area contributed by atoms with Gasteiger partial charge in [0.15, 0.2) is 22.4 Å². The average Bonchev–Trinajstić information content (AvgIpc) is 3.24. The molecule has 0 aliphatic rings. The number of aromatic nitrogens is 1. The lowest BCUT2D eigenvalue weighted by Crippen LogP contribution is -2.13. The van der Waals surface area contributed by atoms with Crippen molar-refractivity contribution in [1.29, 1.82) is 0 Å². The number of methoxy groups -OCH3 is 2. The molecule has 11 heteroatoms. The van der Waals surface area contributed by atoms with Crippen LogP contribution in [0.4, 0.5) is 10.8 Å². The second-order valence-corrected chi connectivity index (χ2v) is 9.64. The van der Waals surface area contributed by atoms with E-state index in [1.807, 2.05) is 0 Å². The summed E-state index contributed by atoms with van der Waals surface area (Å²) < 4.78 is 35.4. The molecule has 2 aromatic carbocycles. The van der Waals surface area contributed by atoms with Crippen LogP contribution in [0, 0.1) is 0 Å². The third-order valence-corrected chi connectivity index (χ3v) is 5.88. The maximum absolute atomic E-state index is 12.4. The van der Waals surface area contributed by atoms with Gasteiger partial charge in [-0.3, -0.25) is 14.3 Å². The molecule has 0 spiro atoms. The zero-order valence-corrected chi connectivity index (χ0v) is 19.9. The van der Waals surface area contributed by atoms with Gasteiger partial charge in [0.1, 0.15) is 0 Å². The van der Waals surface area contributed by atoms with Crippen molar-refractivity contribution in [3.8, 4) is 22.8 Å². The number of carbonyl (C=O) groups excluding carboxylic acids is 2. The molecular weight excluding hydrogens is 466 g/mol. The van der Waals surface area contributed by atoms with Gasteiger partial charge in [-0.25, -0.2) is 13.4 Å². The van der Waals surface area contributed by atoms with Gasteiger partial charge in [0.25, 0.3) is 0 Å². The predicted octanol–water partition coefficient (Wildman–Crippen LogP) is 3.80. The highest BCUT2D eigenvalue weighted by molar-refractivity contribution is 7.92. The molecule has 0 unspecified atom stereocenters. The van der Waals surface area contributed by atoms with Crippen molar-refractivity contribution >= 4 is 43.9 Å². The van der Waals surface area contributed by atoms with E-state index in [0.717, 1.165) is 11.8 Å². The number of anilines is 2. The van der Waals surface area contributed by atoms with E-state index in [-0.39, 0.29) is 24.5 Å². The standard InChI is InChI=1S/C22H23N3O6S2/c1-30-19-10-6-15(12-20(19)31-2)18(26)9-11-21(27)24-22-23-17(13-32-22)14-4-7-16(8-5-14)25-33(3,28)29/h4-8,10,12-13,25H,9,11H2,1-3H3,(H,23,24,27). The highest BCUT2D eigenvalue weighted by Crippen LogP contribution is 2.29. The first-order valence-electron chi connectivity index (χ1n) is 9.77. The second kappa shape index (κ2) is 10.5. The van der Waals surface area contributed by atoms with Gasteiger partial charge >= 0.3 is 0 Å². The number of nitrogens with one attached hydrogen (secondary N) is 2. The molecule has 0 atom stereocenters. The SMILES string of the molecule is COc1ccc(C(=O)CCC(=O)Nc2nc(-c3ccc(NS(C)(=O)=O)cc3)cs2)cc1OC. The van der Waals surface area contributed by atoms with Crippen molar-refractivity contribution in [1.82, 2.24) is 4.98 Å². The van der Waals surface area contributed by atoms with E-state index in [1.165, 1.54) is 25.6 Å². The van der Waals surface area contributed by atoms with Crippen molar-refractivity contribution in [2.75, 3.05) is 30.5 Å². The van der Waals surface area contributed by atoms with Crippen molar-refractivity contribution in [2.24, 2.45) is 0 Å². The molecule has 0 radical (unpaired) electrons. The lowest BCUT2D eigenvalue weighted by molar-refractivity contribution is -0.116. The second-order valence-electron chi connectivity index (χ2n) is 7.03. The van der Waals surface area contributed by atoms with E-state index < -0.39 is 10.0 Å². The summed E-state index contributed by atoms with van der Waals surface area (Å²) in [5.74, 6) is 0.460. The van der Waals surface area contributed by atoms with Crippen molar-refractivity contribution in [3.05, 3.63) is 53.4 Å². The number of thiazole rings is 1. The Labute approximate surface area is 195 Å². The summed E-state index contributed by atoms with van der Waals surface area (Å²) in [5, 5.41) is 4.89. The predicted molar refractivity (Wildman–Crippen MR) is 128 cm³/mol. The Hall–Kier alpha value is -3.44. The number of carbonyl (C=O) groups is 2. The summed E-state index contributed by atoms with van der Waals surface area (Å²) in [6, 6.07) is 11.6. The number of ketones is 1. The highest BCUT2D eigenvalue weighted by Gasteiger charge is 2.14. The van der Waals surface area contributed by atoms with Gasteiger partial charge in [0.2, 0.25) is 15.9 Å². The number of hydrogen-bond acceptors (Lipinski definition) is 8. The van der Waals surface area contributed by atoms with Crippen LogP contribution in [0.15, 0.2) is 47.8 Å². The molecule has 1 amide bonds. The number of ether oxygens (including phenoxy) is 2. The molecule has 3 aromatic rings. The summed E-state index contributed by atoms with van der Waals surface area (Å²) in [6.45, 7) is 0. The molecule has 0 aliphatic carbocycles. The first kappa shape index (κ1) is 24.2. The number of hydrogen-bond donors (Lipinski definition) is 2. The molecule has 0 fully saturated rings. The van der Waals surface area contributed by atoms with Crippen LogP contribution in [0.3, 0.4) is 0 Å². The van der Waals surface area contributed by atoms with E-state index in [0.29, 0.717) is 33.6 Å². The summed E-state index contributed by atoms with van der Waals surface area (Å²) in [5.41, 5.74) is 2.30. The number of rotatable bonds is 10. The molecule has 0 saturated heterocycles. The number of sulfonamides is 1. The van der Waals surface area contributed by atoms with E-state index in [4.69, 9.17) is 9.47 Å². The van der Waals surface area contributed by atoms with Crippen LogP contribution in [0.5, 0.6) is 11.5 Å². The Morgan fingerprint density at radius 3 is 2.33 bits per heavy atom. The largest absolute Gasteiger partial charge is 0.493 e. The van der Waals surface area contributed by atoms with Crippen molar-refractivity contribution in [2.45, 2.75) is 12.8 Å². The Balaban J connectivity index is 1.56. The van der Waals surface area contributed by atoms with E-state index in [1.54, 1.807) is 47.8 Å². The first-order chi connectivity index (χ1) is 15.7. The Kier molecular flexibility index (Phi) is 7.67. The number of nitrogens with zero attached hydrogens (tertiary/aromatic N) is 1. The topological polar surface area (TPSA) is 124 Å². The molecule has 0 saturated carbocycles. The van der Waals surface area contributed by atoms with Crippen LogP contribution in [-0.2, 0) is 14.8 Å². The summed E-state index contributed by atoms with van der Waals surface area (Å²) in [6.07, 6.45) is 1.13. The lowest BCUT2D eigenvalue weighted by Gasteiger charge is -2.09. The van der Waals surface area contributed by atoms with Gasteiger partial charge < -0.3 is 14.8 Å². The van der Waals surface area contributed by atoms with Crippen molar-refractivity contribution in [3.63, 3.8) is 0 Å². The smallest absolute Gasteiger partial charge is 0.229 e. The fraction of sp³-hybridized carbons (Fsp3) is 0.227. The number of Topliss-reactive ketones (excluding diaryl/α,β-unsaturated/α-hetero) is 1. The molecule has 2 N–H and O–H groups in total. The molecule has 3 rings (SSSR count). The van der Waals surface area contributed by atoms with Crippen molar-refractivity contribution < 1.29 is 27.5 Å². The van der Waals surface area contributed by atoms with Gasteiger partial charge in [0.05, 0.1) is 26.2 Å². The minimum absolute atomic E-state index is 0.00789. The quantitative estimate of drug-likeness (QED) is 0.415. The monoisotopic (exact) mass is 489 g/mol. The summed E-state index contributed by atoms with van der Waals surface area (Å²) in [7, 11) is -0.345. The van der Waals surface area contributed by atoms with E-state index >= 15 is 0 Å². The zero-order chi connectivity index (χ0) is 24.0. The number of benzene rings is 2. The molecular formula is C22H23N3O6S2. The zero-order valence-electron chi connectivity index (χ0n) is 18.2. The number of amides is 1. The normalized spacial score (nSPS) is 11.0. The first-order valence-corrected chi connectivity index (χ1v) is 12.5. The van der Waals surface area contributed by atoms with E-state index in [9.17, 15) is 18.0 Å². The van der Waals surface area contributed by atoms with Gasteiger partial charge in [-0.15, -0.1) is 11.3 Å². The van der Waals surface area contributed by atoms with Gasteiger partial charge in [0, 0.05) is 35.0 Å². The van der Waals surface area contributed by atoms with Gasteiger partial charge in [-0.2, -0.15) is 0 Å². The molecule has 1 heterocycles. The lowest BCUT2D eigenvalue weighted by atomic mass is 10.1. The molecule has 1 aromatic heterocycles. The van der Waals surface area contributed by atoms with Gasteiger partial charge in [-0.1, -0.05) is 12.1 Å². The Bertz CT molecular complexity index is 1250. The fourth-order valence-corrected chi connectivity index (χ4v) is 4.25. The minimum atomic E-state index is -3.35. The van der Waals surface area contributed by atoms with Crippen LogP contribution < -0.4 is 19.5 Å². The maximum atomic E-state index is 12.4. The third kappa shape index (κ3) is 6.77. The average molecular weight is 490 g/mol. The Morgan fingerprint density at radius 2 is 1.70 bits per heavy atom. The van der Waals surface area contributed by atoms with Crippen LogP contribution in [0.2, 0.25) is 0 Å². The molecule has 9 nitrogen and oxygen atoms in total. The van der Waals surface area contributed by atoms with Crippen LogP contribution in [0.25, 0.3) is 11.3 Å².